The van der Waals surface area contributed by atoms with Gasteiger partial charge in [0, 0.05) is 54.8 Å². The third-order valence-corrected chi connectivity index (χ3v) is 9.28. The van der Waals surface area contributed by atoms with Crippen LogP contribution < -0.4 is 20.7 Å². The standard InChI is InChI=1S/C30H31F7N8O/c1-29(12-44(2)6-5-18(29)26(33)34)13-46-28-42-24-17(27(43-28)45-10-14-3-4-15(11-45)41-14)9-40-25(23(24)32)21-16(8-38)20(39)7-19(31)22(21)30(35,36)37/h7,9,14-15,18,26,41H,3-6,10-13,39H2,1-2H3/t14-,15+,18-,29+/m1/s1. The molecule has 4 atom stereocenters. The number of nitrogens with one attached hydrogen (secondary N) is 1. The summed E-state index contributed by atoms with van der Waals surface area (Å²) in [7, 11) is 1.80. The van der Waals surface area contributed by atoms with E-state index in [0.29, 0.717) is 25.7 Å². The number of hydrogen-bond acceptors (Lipinski definition) is 9. The number of hydrogen-bond donors (Lipinski definition) is 2. The number of benzene rings is 1. The van der Waals surface area contributed by atoms with Gasteiger partial charge in [0.05, 0.1) is 23.2 Å². The minimum Gasteiger partial charge on any atom is -0.463 e. The number of fused-ring (bicyclic) bond motifs is 3. The van der Waals surface area contributed by atoms with Crippen LogP contribution in [-0.4, -0.2) is 78.2 Å². The van der Waals surface area contributed by atoms with Crippen LogP contribution in [0.4, 0.5) is 42.2 Å². The van der Waals surface area contributed by atoms with Gasteiger partial charge in [-0.3, -0.25) is 4.98 Å². The molecule has 0 unspecified atom stereocenters. The van der Waals surface area contributed by atoms with E-state index in [2.05, 4.69) is 20.3 Å². The van der Waals surface area contributed by atoms with Gasteiger partial charge in [0.2, 0.25) is 6.43 Å². The first kappa shape index (κ1) is 32.0. The number of nitrogens with zero attached hydrogens (tertiary/aromatic N) is 6. The van der Waals surface area contributed by atoms with Crippen molar-refractivity contribution in [2.24, 2.45) is 11.3 Å². The van der Waals surface area contributed by atoms with Crippen LogP contribution in [0, 0.1) is 34.3 Å². The molecule has 0 amide bonds. The normalized spacial score (nSPS) is 25.3. The van der Waals surface area contributed by atoms with E-state index in [0.717, 1.165) is 19.0 Å². The number of nitriles is 1. The molecule has 0 saturated carbocycles. The summed E-state index contributed by atoms with van der Waals surface area (Å²) in [5.74, 6) is -3.99. The zero-order valence-corrected chi connectivity index (χ0v) is 24.9. The molecule has 5 heterocycles. The Bertz CT molecular complexity index is 1700. The summed E-state index contributed by atoms with van der Waals surface area (Å²) in [5, 5.41) is 13.2. The van der Waals surface area contributed by atoms with E-state index >= 15 is 4.39 Å². The van der Waals surface area contributed by atoms with Crippen LogP contribution in [0.25, 0.3) is 22.2 Å². The number of halogens is 7. The van der Waals surface area contributed by atoms with Gasteiger partial charge in [0.25, 0.3) is 0 Å². The van der Waals surface area contributed by atoms with Crippen molar-refractivity contribution < 1.29 is 35.5 Å². The fourth-order valence-corrected chi connectivity index (χ4v) is 7.11. The fourth-order valence-electron chi connectivity index (χ4n) is 7.11. The Morgan fingerprint density at radius 2 is 1.87 bits per heavy atom. The molecule has 2 aromatic heterocycles. The van der Waals surface area contributed by atoms with Crippen molar-refractivity contribution in [2.45, 2.75) is 50.9 Å². The smallest absolute Gasteiger partial charge is 0.419 e. The predicted octanol–water partition coefficient (Wildman–Crippen LogP) is 4.99. The van der Waals surface area contributed by atoms with Crippen molar-refractivity contribution in [3.63, 3.8) is 0 Å². The molecule has 16 heteroatoms. The van der Waals surface area contributed by atoms with E-state index in [9.17, 15) is 31.6 Å². The lowest BCUT2D eigenvalue weighted by molar-refractivity contribution is -0.139. The Balaban J connectivity index is 1.51. The molecule has 3 saturated heterocycles. The third kappa shape index (κ3) is 5.63. The van der Waals surface area contributed by atoms with E-state index in [1.807, 2.05) is 9.80 Å². The van der Waals surface area contributed by atoms with Crippen molar-refractivity contribution in [1.29, 1.82) is 5.26 Å². The molecule has 6 rings (SSSR count). The van der Waals surface area contributed by atoms with Crippen LogP contribution in [0.15, 0.2) is 12.3 Å². The molecule has 9 nitrogen and oxygen atoms in total. The Labute approximate surface area is 259 Å². The summed E-state index contributed by atoms with van der Waals surface area (Å²) in [6, 6.07) is 1.70. The molecule has 3 N–H and O–H groups in total. The fraction of sp³-hybridized carbons (Fsp3) is 0.533. The van der Waals surface area contributed by atoms with E-state index in [4.69, 9.17) is 10.5 Å². The van der Waals surface area contributed by atoms with Gasteiger partial charge in [-0.05, 0) is 38.9 Å². The number of nitrogens with two attached hydrogens (primary N) is 1. The maximum absolute atomic E-state index is 16.5. The van der Waals surface area contributed by atoms with Crippen LogP contribution in [0.1, 0.15) is 37.3 Å². The lowest BCUT2D eigenvalue weighted by Crippen LogP contribution is -2.51. The van der Waals surface area contributed by atoms with Crippen LogP contribution in [0.5, 0.6) is 6.01 Å². The number of nitrogen functional groups attached to an aromatic ring is 1. The Kier molecular flexibility index (Phi) is 8.12. The number of likely N-dealkylation sites (tertiary alicyclic amines) is 1. The van der Waals surface area contributed by atoms with Gasteiger partial charge in [0.1, 0.15) is 34.5 Å². The number of piperazine rings is 1. The largest absolute Gasteiger partial charge is 0.463 e. The van der Waals surface area contributed by atoms with E-state index in [1.165, 1.54) is 6.07 Å². The molecule has 0 radical (unpaired) electrons. The van der Waals surface area contributed by atoms with Crippen molar-refractivity contribution in [3.05, 3.63) is 35.0 Å². The first-order chi connectivity index (χ1) is 21.7. The highest BCUT2D eigenvalue weighted by atomic mass is 19.4. The highest BCUT2D eigenvalue weighted by molar-refractivity contribution is 5.93. The highest BCUT2D eigenvalue weighted by Gasteiger charge is 2.45. The van der Waals surface area contributed by atoms with E-state index < -0.39 is 69.2 Å². The summed E-state index contributed by atoms with van der Waals surface area (Å²) >= 11 is 0. The minimum atomic E-state index is -5.34. The van der Waals surface area contributed by atoms with Gasteiger partial charge >= 0.3 is 12.2 Å². The quantitative estimate of drug-likeness (QED) is 0.281. The molecule has 246 valence electrons. The summed E-state index contributed by atoms with van der Waals surface area (Å²) < 4.78 is 108. The number of piperidine rings is 1. The molecule has 3 fully saturated rings. The van der Waals surface area contributed by atoms with Crippen LogP contribution in [0.3, 0.4) is 0 Å². The molecule has 3 aliphatic rings. The zero-order valence-electron chi connectivity index (χ0n) is 24.9. The first-order valence-electron chi connectivity index (χ1n) is 14.8. The summed E-state index contributed by atoms with van der Waals surface area (Å²) in [5.41, 5.74) is -1.32. The third-order valence-electron chi connectivity index (χ3n) is 9.28. The topological polar surface area (TPSA) is 116 Å². The van der Waals surface area contributed by atoms with Crippen molar-refractivity contribution in [1.82, 2.24) is 25.2 Å². The van der Waals surface area contributed by atoms with Crippen molar-refractivity contribution in [3.8, 4) is 23.3 Å². The van der Waals surface area contributed by atoms with Crippen LogP contribution in [-0.2, 0) is 6.18 Å². The summed E-state index contributed by atoms with van der Waals surface area (Å²) in [6.07, 6.45) is -4.87. The maximum Gasteiger partial charge on any atom is 0.419 e. The van der Waals surface area contributed by atoms with Gasteiger partial charge < -0.3 is 25.6 Å². The van der Waals surface area contributed by atoms with Gasteiger partial charge in [-0.25, -0.2) is 17.6 Å². The Morgan fingerprint density at radius 3 is 2.50 bits per heavy atom. The zero-order chi connectivity index (χ0) is 33.1. The van der Waals surface area contributed by atoms with Crippen molar-refractivity contribution in [2.75, 3.05) is 50.5 Å². The number of ether oxygens (including phenoxy) is 1. The number of pyridine rings is 1. The van der Waals surface area contributed by atoms with Crippen LogP contribution in [0.2, 0.25) is 0 Å². The van der Waals surface area contributed by atoms with E-state index in [-0.39, 0.29) is 48.9 Å². The Hall–Kier alpha value is -3.97. The van der Waals surface area contributed by atoms with Gasteiger partial charge in [-0.15, -0.1) is 0 Å². The molecule has 0 aliphatic carbocycles. The number of aromatic nitrogens is 3. The van der Waals surface area contributed by atoms with E-state index in [1.54, 1.807) is 14.0 Å². The average Bonchev–Trinajstić information content (AvgIpc) is 3.31. The maximum atomic E-state index is 16.5. The molecular weight excluding hydrogens is 621 g/mol. The highest BCUT2D eigenvalue weighted by Crippen LogP contribution is 2.44. The lowest BCUT2D eigenvalue weighted by Gasteiger charge is -2.44. The van der Waals surface area contributed by atoms with Gasteiger partial charge in [-0.2, -0.15) is 28.4 Å². The second-order valence-electron chi connectivity index (χ2n) is 12.6. The Morgan fingerprint density at radius 1 is 1.17 bits per heavy atom. The molecule has 1 aromatic carbocycles. The molecule has 0 spiro atoms. The second-order valence-corrected chi connectivity index (χ2v) is 12.6. The SMILES string of the molecule is CN1CC[C@H](C(F)F)[C@](C)(COc2nc(N3C[C@H]4CC[C@@H](C3)N4)c3cnc(-c4c(C#N)c(N)cc(F)c4C(F)(F)F)c(F)c3n2)C1. The number of rotatable bonds is 6. The first-order valence-corrected chi connectivity index (χ1v) is 14.8. The molecular formula is C30H31F7N8O. The molecule has 3 aromatic rings. The average molecular weight is 653 g/mol. The monoisotopic (exact) mass is 652 g/mol. The second kappa shape index (κ2) is 11.7. The number of alkyl halides is 5. The van der Waals surface area contributed by atoms with Crippen molar-refractivity contribution >= 4 is 22.4 Å². The predicted molar refractivity (Wildman–Crippen MR) is 154 cm³/mol. The molecule has 46 heavy (non-hydrogen) atoms. The molecule has 3 aliphatic heterocycles. The number of anilines is 2. The summed E-state index contributed by atoms with van der Waals surface area (Å²) in [6.45, 7) is 3.11. The van der Waals surface area contributed by atoms with Gasteiger partial charge in [-0.1, -0.05) is 6.92 Å². The summed E-state index contributed by atoms with van der Waals surface area (Å²) in [4.78, 5) is 16.4. The van der Waals surface area contributed by atoms with Crippen LogP contribution >= 0.6 is 0 Å². The minimum absolute atomic E-state index is 0.0420. The van der Waals surface area contributed by atoms with Gasteiger partial charge in [0.15, 0.2) is 5.82 Å². The molecule has 2 bridgehead atoms. The lowest BCUT2D eigenvalue weighted by atomic mass is 9.73.